The van der Waals surface area contributed by atoms with E-state index >= 15 is 0 Å². The molecule has 0 aromatic heterocycles. The van der Waals surface area contributed by atoms with Crippen molar-refractivity contribution in [2.24, 2.45) is 17.8 Å². The van der Waals surface area contributed by atoms with Gasteiger partial charge in [0.25, 0.3) is 0 Å². The van der Waals surface area contributed by atoms with Crippen LogP contribution in [0.3, 0.4) is 0 Å². The summed E-state index contributed by atoms with van der Waals surface area (Å²) in [6, 6.07) is 3.13. The highest BCUT2D eigenvalue weighted by atomic mass is 15.2. The number of rotatable bonds is 1. The predicted molar refractivity (Wildman–Crippen MR) is 59.1 cm³/mol. The number of hydrogen-bond acceptors (Lipinski definition) is 2. The molecular weight excluding hydrogens is 184 g/mol. The smallest absolute Gasteiger partial charge is 0.0672 e. The van der Waals surface area contributed by atoms with Gasteiger partial charge in [0.2, 0.25) is 0 Å². The summed E-state index contributed by atoms with van der Waals surface area (Å²) >= 11 is 0. The van der Waals surface area contributed by atoms with Gasteiger partial charge < -0.3 is 0 Å². The maximum Gasteiger partial charge on any atom is 0.0672 e. The molecular formula is C13H20N2. The fraction of sp³-hybridized carbons (Fsp3) is 0.923. The van der Waals surface area contributed by atoms with Gasteiger partial charge in [-0.3, -0.25) is 4.90 Å². The molecule has 1 heterocycles. The summed E-state index contributed by atoms with van der Waals surface area (Å²) in [5, 5.41) is 9.12. The zero-order valence-corrected chi connectivity index (χ0v) is 9.36. The molecule has 2 nitrogen and oxygen atoms in total. The molecule has 1 saturated heterocycles. The molecule has 2 aliphatic carbocycles. The van der Waals surface area contributed by atoms with E-state index in [1.165, 1.54) is 45.2 Å². The second-order valence-electron chi connectivity index (χ2n) is 5.64. The first-order valence-electron chi connectivity index (χ1n) is 6.52. The molecule has 0 aromatic rings. The van der Waals surface area contributed by atoms with Gasteiger partial charge in [0, 0.05) is 19.1 Å². The van der Waals surface area contributed by atoms with E-state index in [0.29, 0.717) is 12.0 Å². The minimum atomic E-state index is 0.337. The van der Waals surface area contributed by atoms with Crippen LogP contribution in [0.4, 0.5) is 0 Å². The van der Waals surface area contributed by atoms with E-state index in [2.05, 4.69) is 11.0 Å². The quantitative estimate of drug-likeness (QED) is 0.656. The second kappa shape index (κ2) is 3.79. The summed E-state index contributed by atoms with van der Waals surface area (Å²) in [5.74, 6) is 2.29. The Bertz CT molecular complexity index is 269. The number of nitriles is 1. The van der Waals surface area contributed by atoms with Crippen molar-refractivity contribution in [2.45, 2.75) is 44.6 Å². The standard InChI is InChI=1S/C13H20N2/c14-7-10-3-2-6-13(10)15-8-11-4-1-5-12(11)9-15/h10-13H,1-6,8-9H2. The van der Waals surface area contributed by atoms with Crippen molar-refractivity contribution in [1.82, 2.24) is 4.90 Å². The van der Waals surface area contributed by atoms with Crippen LogP contribution in [0.25, 0.3) is 0 Å². The Hall–Kier alpha value is -0.550. The molecule has 4 unspecified atom stereocenters. The van der Waals surface area contributed by atoms with E-state index in [-0.39, 0.29) is 0 Å². The van der Waals surface area contributed by atoms with E-state index in [1.54, 1.807) is 0 Å². The predicted octanol–water partition coefficient (Wildman–Crippen LogP) is 2.41. The lowest BCUT2D eigenvalue weighted by Gasteiger charge is -2.26. The summed E-state index contributed by atoms with van der Waals surface area (Å²) in [4.78, 5) is 2.65. The average molecular weight is 204 g/mol. The maximum absolute atomic E-state index is 9.12. The number of hydrogen-bond donors (Lipinski definition) is 0. The van der Waals surface area contributed by atoms with Crippen LogP contribution >= 0.6 is 0 Å². The normalized spacial score (nSPS) is 45.5. The molecule has 82 valence electrons. The molecule has 2 heteroatoms. The van der Waals surface area contributed by atoms with Crippen molar-refractivity contribution in [1.29, 1.82) is 5.26 Å². The molecule has 3 fully saturated rings. The first-order chi connectivity index (χ1) is 7.38. The maximum atomic E-state index is 9.12. The highest BCUT2D eigenvalue weighted by Gasteiger charge is 2.41. The Morgan fingerprint density at radius 1 is 0.933 bits per heavy atom. The van der Waals surface area contributed by atoms with Crippen LogP contribution in [0.15, 0.2) is 0 Å². The van der Waals surface area contributed by atoms with Crippen LogP contribution in [0.5, 0.6) is 0 Å². The van der Waals surface area contributed by atoms with Gasteiger partial charge in [0.1, 0.15) is 0 Å². The van der Waals surface area contributed by atoms with Gasteiger partial charge in [-0.05, 0) is 37.5 Å². The summed E-state index contributed by atoms with van der Waals surface area (Å²) in [5.41, 5.74) is 0. The lowest BCUT2D eigenvalue weighted by atomic mass is 10.0. The van der Waals surface area contributed by atoms with Crippen molar-refractivity contribution in [3.05, 3.63) is 0 Å². The summed E-state index contributed by atoms with van der Waals surface area (Å²) in [6.07, 6.45) is 8.05. The monoisotopic (exact) mass is 204 g/mol. The lowest BCUT2D eigenvalue weighted by Crippen LogP contribution is -2.36. The molecule has 2 saturated carbocycles. The summed E-state index contributed by atoms with van der Waals surface area (Å²) in [6.45, 7) is 2.60. The molecule has 0 amide bonds. The fourth-order valence-electron chi connectivity index (χ4n) is 4.07. The summed E-state index contributed by atoms with van der Waals surface area (Å²) < 4.78 is 0. The lowest BCUT2D eigenvalue weighted by molar-refractivity contribution is 0.204. The molecule has 15 heavy (non-hydrogen) atoms. The van der Waals surface area contributed by atoms with Crippen LogP contribution in [0.2, 0.25) is 0 Å². The van der Waals surface area contributed by atoms with Crippen molar-refractivity contribution < 1.29 is 0 Å². The van der Waals surface area contributed by atoms with Gasteiger partial charge in [-0.1, -0.05) is 12.8 Å². The number of fused-ring (bicyclic) bond motifs is 1. The zero-order valence-electron chi connectivity index (χ0n) is 9.36. The SMILES string of the molecule is N#CC1CCCC1N1CC2CCCC2C1. The minimum absolute atomic E-state index is 0.337. The Labute approximate surface area is 92.3 Å². The van der Waals surface area contributed by atoms with Gasteiger partial charge >= 0.3 is 0 Å². The minimum Gasteiger partial charge on any atom is -0.299 e. The number of nitrogens with zero attached hydrogens (tertiary/aromatic N) is 2. The Morgan fingerprint density at radius 2 is 1.60 bits per heavy atom. The van der Waals surface area contributed by atoms with E-state index in [4.69, 9.17) is 5.26 Å². The van der Waals surface area contributed by atoms with Gasteiger partial charge in [0.15, 0.2) is 0 Å². The van der Waals surface area contributed by atoms with E-state index in [9.17, 15) is 0 Å². The van der Waals surface area contributed by atoms with Crippen LogP contribution in [0, 0.1) is 29.1 Å². The van der Waals surface area contributed by atoms with Gasteiger partial charge in [-0.2, -0.15) is 5.26 Å². The fourth-order valence-corrected chi connectivity index (χ4v) is 4.07. The number of likely N-dealkylation sites (tertiary alicyclic amines) is 1. The van der Waals surface area contributed by atoms with E-state index < -0.39 is 0 Å². The van der Waals surface area contributed by atoms with E-state index in [0.717, 1.165) is 18.3 Å². The molecule has 0 bridgehead atoms. The first kappa shape index (κ1) is 9.66. The molecule has 4 atom stereocenters. The molecule has 0 spiro atoms. The first-order valence-corrected chi connectivity index (χ1v) is 6.52. The molecule has 0 N–H and O–H groups in total. The van der Waals surface area contributed by atoms with Crippen LogP contribution in [-0.2, 0) is 0 Å². The van der Waals surface area contributed by atoms with E-state index in [1.807, 2.05) is 0 Å². The van der Waals surface area contributed by atoms with Gasteiger partial charge in [-0.15, -0.1) is 0 Å². The average Bonchev–Trinajstić information content (AvgIpc) is 2.91. The highest BCUT2D eigenvalue weighted by molar-refractivity contribution is 5.01. The van der Waals surface area contributed by atoms with Crippen LogP contribution < -0.4 is 0 Å². The van der Waals surface area contributed by atoms with Crippen molar-refractivity contribution >= 4 is 0 Å². The zero-order chi connectivity index (χ0) is 10.3. The second-order valence-corrected chi connectivity index (χ2v) is 5.64. The third kappa shape index (κ3) is 1.58. The van der Waals surface area contributed by atoms with Gasteiger partial charge in [0.05, 0.1) is 12.0 Å². The van der Waals surface area contributed by atoms with Crippen molar-refractivity contribution in [3.63, 3.8) is 0 Å². The Kier molecular flexibility index (Phi) is 2.44. The Balaban J connectivity index is 1.67. The van der Waals surface area contributed by atoms with Gasteiger partial charge in [-0.25, -0.2) is 0 Å². The molecule has 0 aromatic carbocycles. The Morgan fingerprint density at radius 3 is 2.27 bits per heavy atom. The third-order valence-corrected chi connectivity index (χ3v) is 4.87. The molecule has 0 radical (unpaired) electrons. The summed E-state index contributed by atoms with van der Waals surface area (Å²) in [7, 11) is 0. The highest BCUT2D eigenvalue weighted by Crippen LogP contribution is 2.41. The third-order valence-electron chi connectivity index (χ3n) is 4.87. The molecule has 3 rings (SSSR count). The largest absolute Gasteiger partial charge is 0.299 e. The van der Waals surface area contributed by atoms with Crippen LogP contribution in [0.1, 0.15) is 38.5 Å². The van der Waals surface area contributed by atoms with Crippen LogP contribution in [-0.4, -0.2) is 24.0 Å². The topological polar surface area (TPSA) is 27.0 Å². The molecule has 1 aliphatic heterocycles. The van der Waals surface area contributed by atoms with Crippen molar-refractivity contribution in [3.8, 4) is 6.07 Å². The molecule has 3 aliphatic rings. The van der Waals surface area contributed by atoms with Crippen molar-refractivity contribution in [2.75, 3.05) is 13.1 Å².